The van der Waals surface area contributed by atoms with Crippen LogP contribution in [0.25, 0.3) is 11.4 Å². The van der Waals surface area contributed by atoms with Gasteiger partial charge in [0.25, 0.3) is 0 Å². The van der Waals surface area contributed by atoms with E-state index in [-0.39, 0.29) is 12.6 Å². The van der Waals surface area contributed by atoms with E-state index in [4.69, 9.17) is 0 Å². The lowest BCUT2D eigenvalue weighted by molar-refractivity contribution is 0.281. The van der Waals surface area contributed by atoms with Crippen LogP contribution in [0.4, 0.5) is 5.69 Å². The first-order valence-electron chi connectivity index (χ1n) is 7.46. The van der Waals surface area contributed by atoms with Crippen molar-refractivity contribution in [3.63, 3.8) is 0 Å². The summed E-state index contributed by atoms with van der Waals surface area (Å²) in [7, 11) is 1.82. The van der Waals surface area contributed by atoms with Crippen LogP contribution in [0.2, 0.25) is 0 Å². The summed E-state index contributed by atoms with van der Waals surface area (Å²) in [5.41, 5.74) is 3.99. The Bertz CT molecular complexity index is 799. The molecule has 0 spiro atoms. The van der Waals surface area contributed by atoms with E-state index in [1.165, 1.54) is 0 Å². The van der Waals surface area contributed by atoms with Gasteiger partial charge in [-0.3, -0.25) is 0 Å². The Morgan fingerprint density at radius 1 is 1.17 bits per heavy atom. The van der Waals surface area contributed by atoms with Gasteiger partial charge in [0.15, 0.2) is 5.82 Å². The first-order chi connectivity index (χ1) is 11.2. The fraction of sp³-hybridized carbons (Fsp3) is 0.235. The van der Waals surface area contributed by atoms with Crippen molar-refractivity contribution in [3.8, 4) is 11.4 Å². The molecule has 1 heterocycles. The molecule has 6 heteroatoms. The summed E-state index contributed by atoms with van der Waals surface area (Å²) in [6.07, 6.45) is 0. The summed E-state index contributed by atoms with van der Waals surface area (Å²) in [6, 6.07) is 16.0. The quantitative estimate of drug-likeness (QED) is 0.757. The van der Waals surface area contributed by atoms with E-state index in [1.54, 1.807) is 4.68 Å². The van der Waals surface area contributed by atoms with E-state index in [9.17, 15) is 5.11 Å². The number of benzene rings is 2. The van der Waals surface area contributed by atoms with Gasteiger partial charge in [-0.25, -0.2) is 4.68 Å². The highest BCUT2D eigenvalue weighted by Gasteiger charge is 2.09. The molecule has 0 fully saturated rings. The number of aromatic nitrogens is 4. The number of hydrogen-bond acceptors (Lipinski definition) is 5. The van der Waals surface area contributed by atoms with E-state index in [1.807, 2.05) is 55.6 Å². The smallest absolute Gasteiger partial charge is 0.181 e. The minimum absolute atomic E-state index is 0.0508. The van der Waals surface area contributed by atoms with Crippen molar-refractivity contribution in [1.29, 1.82) is 0 Å². The summed E-state index contributed by atoms with van der Waals surface area (Å²) >= 11 is 0. The minimum Gasteiger partial charge on any atom is -0.392 e. The third kappa shape index (κ3) is 3.37. The zero-order valence-corrected chi connectivity index (χ0v) is 13.1. The zero-order chi connectivity index (χ0) is 16.2. The molecule has 0 saturated carbocycles. The zero-order valence-electron chi connectivity index (χ0n) is 13.1. The van der Waals surface area contributed by atoms with Crippen LogP contribution in [0.15, 0.2) is 48.5 Å². The van der Waals surface area contributed by atoms with Gasteiger partial charge in [-0.05, 0) is 40.6 Å². The molecule has 0 saturated heterocycles. The number of aliphatic hydroxyl groups excluding tert-OH is 1. The van der Waals surface area contributed by atoms with E-state index in [0.29, 0.717) is 0 Å². The van der Waals surface area contributed by atoms with Crippen LogP contribution < -0.4 is 5.32 Å². The number of aliphatic hydroxyl groups is 1. The van der Waals surface area contributed by atoms with Crippen molar-refractivity contribution in [2.24, 2.45) is 7.05 Å². The van der Waals surface area contributed by atoms with Crippen molar-refractivity contribution in [2.75, 3.05) is 5.32 Å². The molecule has 0 radical (unpaired) electrons. The molecule has 118 valence electrons. The SMILES string of the molecule is CC(Nc1cccc(-c2nnnn2C)c1)c1cccc(CO)c1. The Morgan fingerprint density at radius 3 is 2.74 bits per heavy atom. The summed E-state index contributed by atoms with van der Waals surface area (Å²) < 4.78 is 1.65. The maximum atomic E-state index is 9.26. The number of nitrogens with zero attached hydrogens (tertiary/aromatic N) is 4. The van der Waals surface area contributed by atoms with Gasteiger partial charge in [0.1, 0.15) is 0 Å². The number of rotatable bonds is 5. The average molecular weight is 309 g/mol. The molecule has 0 aliphatic carbocycles. The predicted molar refractivity (Wildman–Crippen MR) is 88.6 cm³/mol. The summed E-state index contributed by atoms with van der Waals surface area (Å²) in [4.78, 5) is 0. The fourth-order valence-corrected chi connectivity index (χ4v) is 2.52. The Hall–Kier alpha value is -2.73. The molecular weight excluding hydrogens is 290 g/mol. The highest BCUT2D eigenvalue weighted by atomic mass is 16.3. The molecule has 23 heavy (non-hydrogen) atoms. The third-order valence-electron chi connectivity index (χ3n) is 3.76. The van der Waals surface area contributed by atoms with Gasteiger partial charge in [0.2, 0.25) is 0 Å². The van der Waals surface area contributed by atoms with Crippen LogP contribution in [-0.2, 0) is 13.7 Å². The Kier molecular flexibility index (Phi) is 4.34. The maximum absolute atomic E-state index is 9.26. The second-order valence-electron chi connectivity index (χ2n) is 5.48. The lowest BCUT2D eigenvalue weighted by atomic mass is 10.0. The van der Waals surface area contributed by atoms with E-state index >= 15 is 0 Å². The van der Waals surface area contributed by atoms with Crippen molar-refractivity contribution in [1.82, 2.24) is 20.2 Å². The van der Waals surface area contributed by atoms with E-state index in [0.717, 1.165) is 28.2 Å². The van der Waals surface area contributed by atoms with Crippen LogP contribution >= 0.6 is 0 Å². The molecule has 1 atom stereocenters. The largest absolute Gasteiger partial charge is 0.392 e. The molecule has 0 amide bonds. The summed E-state index contributed by atoms with van der Waals surface area (Å²) in [6.45, 7) is 2.14. The van der Waals surface area contributed by atoms with Gasteiger partial charge in [-0.2, -0.15) is 0 Å². The van der Waals surface area contributed by atoms with Crippen molar-refractivity contribution >= 4 is 5.69 Å². The highest BCUT2D eigenvalue weighted by Crippen LogP contribution is 2.24. The van der Waals surface area contributed by atoms with Gasteiger partial charge in [-0.1, -0.05) is 36.4 Å². The molecule has 6 nitrogen and oxygen atoms in total. The highest BCUT2D eigenvalue weighted by molar-refractivity contribution is 5.62. The molecule has 1 unspecified atom stereocenters. The maximum Gasteiger partial charge on any atom is 0.181 e. The monoisotopic (exact) mass is 309 g/mol. The third-order valence-corrected chi connectivity index (χ3v) is 3.76. The topological polar surface area (TPSA) is 75.9 Å². The van der Waals surface area contributed by atoms with Gasteiger partial charge < -0.3 is 10.4 Å². The molecule has 2 aromatic carbocycles. The Balaban J connectivity index is 1.81. The van der Waals surface area contributed by atoms with Crippen molar-refractivity contribution in [2.45, 2.75) is 19.6 Å². The number of hydrogen-bond donors (Lipinski definition) is 2. The number of tetrazole rings is 1. The van der Waals surface area contributed by atoms with Gasteiger partial charge in [0, 0.05) is 24.3 Å². The van der Waals surface area contributed by atoms with Crippen LogP contribution in [0.1, 0.15) is 24.1 Å². The Morgan fingerprint density at radius 2 is 2.00 bits per heavy atom. The van der Waals surface area contributed by atoms with Gasteiger partial charge in [-0.15, -0.1) is 5.10 Å². The number of anilines is 1. The summed E-state index contributed by atoms with van der Waals surface area (Å²) in [5.74, 6) is 0.726. The molecule has 0 bridgehead atoms. The second-order valence-corrected chi connectivity index (χ2v) is 5.48. The molecule has 3 aromatic rings. The van der Waals surface area contributed by atoms with Gasteiger partial charge >= 0.3 is 0 Å². The van der Waals surface area contributed by atoms with Crippen LogP contribution in [0, 0.1) is 0 Å². The lowest BCUT2D eigenvalue weighted by Crippen LogP contribution is -2.07. The average Bonchev–Trinajstić information content (AvgIpc) is 3.01. The summed E-state index contributed by atoms with van der Waals surface area (Å²) in [5, 5.41) is 24.3. The molecule has 1 aromatic heterocycles. The van der Waals surface area contributed by atoms with E-state index < -0.39 is 0 Å². The standard InChI is InChI=1S/C17H19N5O/c1-12(14-6-3-5-13(9-14)11-23)18-16-8-4-7-15(10-16)17-19-20-21-22(17)2/h3-10,12,18,23H,11H2,1-2H3. The minimum atomic E-state index is 0.0508. The van der Waals surface area contributed by atoms with Gasteiger partial charge in [0.05, 0.1) is 6.61 Å². The number of nitrogens with one attached hydrogen (secondary N) is 1. The van der Waals surface area contributed by atoms with Crippen LogP contribution in [0.3, 0.4) is 0 Å². The number of aryl methyl sites for hydroxylation is 1. The molecular formula is C17H19N5O. The molecule has 2 N–H and O–H groups in total. The normalized spacial score (nSPS) is 12.1. The predicted octanol–water partition coefficient (Wildman–Crippen LogP) is 2.54. The first kappa shape index (κ1) is 15.2. The first-order valence-corrected chi connectivity index (χ1v) is 7.46. The Labute approximate surface area is 134 Å². The molecule has 0 aliphatic rings. The van der Waals surface area contributed by atoms with Crippen LogP contribution in [0.5, 0.6) is 0 Å². The van der Waals surface area contributed by atoms with E-state index in [2.05, 4.69) is 27.8 Å². The fourth-order valence-electron chi connectivity index (χ4n) is 2.52. The van der Waals surface area contributed by atoms with Crippen molar-refractivity contribution < 1.29 is 5.11 Å². The second kappa shape index (κ2) is 6.58. The van der Waals surface area contributed by atoms with Crippen molar-refractivity contribution in [3.05, 3.63) is 59.7 Å². The molecule has 0 aliphatic heterocycles. The molecule has 3 rings (SSSR count). The lowest BCUT2D eigenvalue weighted by Gasteiger charge is -2.17. The van der Waals surface area contributed by atoms with Crippen LogP contribution in [-0.4, -0.2) is 25.3 Å².